The molecule has 0 fully saturated rings. The highest BCUT2D eigenvalue weighted by Crippen LogP contribution is 2.26. The van der Waals surface area contributed by atoms with E-state index in [1.165, 1.54) is 6.33 Å². The van der Waals surface area contributed by atoms with Gasteiger partial charge in [-0.25, -0.2) is 15.8 Å². The topological polar surface area (TPSA) is 90.9 Å². The van der Waals surface area contributed by atoms with Gasteiger partial charge in [-0.3, -0.25) is 4.68 Å². The average molecular weight is 248 g/mol. The molecule has 0 atom stereocenters. The molecular formula is C11H16N6O. The molecule has 3 N–H and O–H groups in total. The zero-order valence-electron chi connectivity index (χ0n) is 10.4. The van der Waals surface area contributed by atoms with E-state index in [-0.39, 0.29) is 0 Å². The maximum absolute atomic E-state index is 5.70. The fraction of sp³-hybridized carbons (Fsp3) is 0.364. The molecule has 2 heterocycles. The molecular weight excluding hydrogens is 232 g/mol. The number of nitrogens with two attached hydrogens (primary N) is 1. The van der Waals surface area contributed by atoms with Crippen LogP contribution in [0.15, 0.2) is 18.7 Å². The Morgan fingerprint density at radius 2 is 2.22 bits per heavy atom. The van der Waals surface area contributed by atoms with Gasteiger partial charge in [0.15, 0.2) is 5.75 Å². The van der Waals surface area contributed by atoms with Crippen LogP contribution < -0.4 is 16.0 Å². The summed E-state index contributed by atoms with van der Waals surface area (Å²) in [5.74, 6) is 7.12. The molecule has 96 valence electrons. The Morgan fingerprint density at radius 3 is 2.83 bits per heavy atom. The Morgan fingerprint density at radius 1 is 1.39 bits per heavy atom. The molecule has 18 heavy (non-hydrogen) atoms. The first-order chi connectivity index (χ1) is 8.78. The molecule has 7 nitrogen and oxygen atoms in total. The van der Waals surface area contributed by atoms with Crippen LogP contribution in [0.1, 0.15) is 19.4 Å². The minimum Gasteiger partial charge on any atom is -0.435 e. The van der Waals surface area contributed by atoms with Crippen LogP contribution in [0.3, 0.4) is 0 Å². The molecule has 0 unspecified atom stereocenters. The van der Waals surface area contributed by atoms with E-state index in [0.717, 1.165) is 18.5 Å². The monoisotopic (exact) mass is 248 g/mol. The van der Waals surface area contributed by atoms with E-state index in [1.54, 1.807) is 10.9 Å². The molecule has 0 amide bonds. The average Bonchev–Trinajstić information content (AvgIpc) is 2.86. The summed E-state index contributed by atoms with van der Waals surface area (Å²) in [7, 11) is 0. The second kappa shape index (κ2) is 5.46. The van der Waals surface area contributed by atoms with Gasteiger partial charge in [-0.05, 0) is 13.3 Å². The number of hydrogen-bond donors (Lipinski definition) is 2. The van der Waals surface area contributed by atoms with Crippen LogP contribution in [0.2, 0.25) is 0 Å². The van der Waals surface area contributed by atoms with Crippen LogP contribution >= 0.6 is 0 Å². The highest BCUT2D eigenvalue weighted by molar-refractivity contribution is 5.48. The van der Waals surface area contributed by atoms with E-state index in [1.807, 2.05) is 20.0 Å². The van der Waals surface area contributed by atoms with Gasteiger partial charge < -0.3 is 10.2 Å². The van der Waals surface area contributed by atoms with Crippen LogP contribution in [0.25, 0.3) is 0 Å². The summed E-state index contributed by atoms with van der Waals surface area (Å²) in [6.07, 6.45) is 5.60. The van der Waals surface area contributed by atoms with E-state index < -0.39 is 0 Å². The van der Waals surface area contributed by atoms with E-state index in [9.17, 15) is 0 Å². The molecule has 0 saturated heterocycles. The van der Waals surface area contributed by atoms with Gasteiger partial charge >= 0.3 is 0 Å². The Labute approximate surface area is 105 Å². The van der Waals surface area contributed by atoms with Crippen molar-refractivity contribution in [1.82, 2.24) is 19.7 Å². The number of ether oxygens (including phenoxy) is 1. The van der Waals surface area contributed by atoms with Crippen molar-refractivity contribution in [2.75, 3.05) is 5.43 Å². The first-order valence-electron chi connectivity index (χ1n) is 5.79. The third-order valence-electron chi connectivity index (χ3n) is 2.54. The first kappa shape index (κ1) is 12.3. The normalized spacial score (nSPS) is 10.4. The van der Waals surface area contributed by atoms with Gasteiger partial charge in [-0.15, -0.1) is 0 Å². The number of hydrazine groups is 1. The van der Waals surface area contributed by atoms with E-state index in [4.69, 9.17) is 10.6 Å². The number of hydrogen-bond acceptors (Lipinski definition) is 6. The maximum atomic E-state index is 5.70. The van der Waals surface area contributed by atoms with Crippen molar-refractivity contribution >= 4 is 5.82 Å². The Balaban J connectivity index is 2.28. The van der Waals surface area contributed by atoms with Crippen molar-refractivity contribution in [2.24, 2.45) is 5.84 Å². The Bertz CT molecular complexity index is 524. The number of nitrogens with zero attached hydrogens (tertiary/aromatic N) is 4. The van der Waals surface area contributed by atoms with Crippen LogP contribution in [-0.4, -0.2) is 19.7 Å². The predicted octanol–water partition coefficient (Wildman–Crippen LogP) is 1.33. The van der Waals surface area contributed by atoms with Crippen LogP contribution in [0, 0.1) is 0 Å². The van der Waals surface area contributed by atoms with Crippen molar-refractivity contribution in [3.8, 4) is 11.6 Å². The largest absolute Gasteiger partial charge is 0.435 e. The summed E-state index contributed by atoms with van der Waals surface area (Å²) >= 11 is 0. The third-order valence-corrected chi connectivity index (χ3v) is 2.54. The highest BCUT2D eigenvalue weighted by Gasteiger charge is 2.11. The predicted molar refractivity (Wildman–Crippen MR) is 67.2 cm³/mol. The van der Waals surface area contributed by atoms with Crippen molar-refractivity contribution in [2.45, 2.75) is 26.8 Å². The smallest absolute Gasteiger partial charge is 0.227 e. The summed E-state index contributed by atoms with van der Waals surface area (Å²) in [6, 6.07) is 0. The van der Waals surface area contributed by atoms with Crippen LogP contribution in [0.4, 0.5) is 5.82 Å². The fourth-order valence-corrected chi connectivity index (χ4v) is 1.61. The lowest BCUT2D eigenvalue weighted by Gasteiger charge is -2.10. The van der Waals surface area contributed by atoms with E-state index in [0.29, 0.717) is 17.4 Å². The van der Waals surface area contributed by atoms with Crippen molar-refractivity contribution in [3.63, 3.8) is 0 Å². The number of aromatic nitrogens is 4. The summed E-state index contributed by atoms with van der Waals surface area (Å²) in [5, 5.41) is 4.14. The summed E-state index contributed by atoms with van der Waals surface area (Å²) in [4.78, 5) is 8.17. The number of nitrogens with one attached hydrogen (secondary N) is 1. The van der Waals surface area contributed by atoms with Crippen LogP contribution in [-0.2, 0) is 13.0 Å². The molecule has 0 spiro atoms. The summed E-state index contributed by atoms with van der Waals surface area (Å²) in [6.45, 7) is 4.79. The van der Waals surface area contributed by atoms with Gasteiger partial charge in [-0.1, -0.05) is 6.92 Å². The molecule has 0 aliphatic carbocycles. The molecule has 0 saturated carbocycles. The molecule has 2 rings (SSSR count). The van der Waals surface area contributed by atoms with Gasteiger partial charge in [0, 0.05) is 6.54 Å². The van der Waals surface area contributed by atoms with Crippen molar-refractivity contribution in [1.29, 1.82) is 0 Å². The third kappa shape index (κ3) is 2.40. The molecule has 2 aromatic rings. The summed E-state index contributed by atoms with van der Waals surface area (Å²) in [5.41, 5.74) is 3.37. The van der Waals surface area contributed by atoms with Gasteiger partial charge in [0.05, 0.1) is 18.0 Å². The fourth-order valence-electron chi connectivity index (χ4n) is 1.61. The molecule has 0 bridgehead atoms. The second-order valence-corrected chi connectivity index (χ2v) is 3.64. The Hall–Kier alpha value is -2.15. The molecule has 0 aliphatic heterocycles. The van der Waals surface area contributed by atoms with Crippen molar-refractivity contribution < 1.29 is 4.74 Å². The zero-order valence-corrected chi connectivity index (χ0v) is 10.4. The highest BCUT2D eigenvalue weighted by atomic mass is 16.5. The summed E-state index contributed by atoms with van der Waals surface area (Å²) < 4.78 is 7.48. The Kier molecular flexibility index (Phi) is 3.73. The zero-order chi connectivity index (χ0) is 13.0. The van der Waals surface area contributed by atoms with Gasteiger partial charge in [-0.2, -0.15) is 5.10 Å². The second-order valence-electron chi connectivity index (χ2n) is 3.64. The lowest BCUT2D eigenvalue weighted by molar-refractivity contribution is 0.454. The number of anilines is 1. The number of rotatable bonds is 5. The molecule has 0 aliphatic rings. The first-order valence-corrected chi connectivity index (χ1v) is 5.79. The molecule has 0 radical (unpaired) electrons. The standard InChI is InChI=1S/C11H16N6O/c1-3-9-10(16-12)13-7-14-11(9)18-8-5-15-17(4-2)6-8/h5-7H,3-4,12H2,1-2H3,(H,13,14,16). The van der Waals surface area contributed by atoms with E-state index >= 15 is 0 Å². The van der Waals surface area contributed by atoms with Gasteiger partial charge in [0.25, 0.3) is 0 Å². The van der Waals surface area contributed by atoms with E-state index in [2.05, 4.69) is 20.5 Å². The van der Waals surface area contributed by atoms with Crippen molar-refractivity contribution in [3.05, 3.63) is 24.3 Å². The lowest BCUT2D eigenvalue weighted by Crippen LogP contribution is -2.12. The van der Waals surface area contributed by atoms with Crippen LogP contribution in [0.5, 0.6) is 11.6 Å². The van der Waals surface area contributed by atoms with Gasteiger partial charge in [0.2, 0.25) is 5.88 Å². The quantitative estimate of drug-likeness (QED) is 0.612. The maximum Gasteiger partial charge on any atom is 0.227 e. The lowest BCUT2D eigenvalue weighted by atomic mass is 10.2. The minimum atomic E-state index is 0.496. The SMILES string of the molecule is CCc1c(NN)ncnc1Oc1cnn(CC)c1. The number of aryl methyl sites for hydroxylation is 1. The minimum absolute atomic E-state index is 0.496. The van der Waals surface area contributed by atoms with Gasteiger partial charge in [0.1, 0.15) is 12.1 Å². The molecule has 0 aromatic carbocycles. The number of nitrogen functional groups attached to an aromatic ring is 1. The molecule has 2 aromatic heterocycles. The molecule has 7 heteroatoms.